The van der Waals surface area contributed by atoms with E-state index in [9.17, 15) is 9.59 Å². The van der Waals surface area contributed by atoms with Gasteiger partial charge < -0.3 is 15.4 Å². The second-order valence-electron chi connectivity index (χ2n) is 5.88. The summed E-state index contributed by atoms with van der Waals surface area (Å²) in [6.45, 7) is 0.446. The minimum absolute atomic E-state index is 0.151. The molecule has 0 atom stereocenters. The summed E-state index contributed by atoms with van der Waals surface area (Å²) in [5.74, 6) is -0.402. The van der Waals surface area contributed by atoms with Crippen LogP contribution in [0.4, 0.5) is 5.69 Å². The summed E-state index contributed by atoms with van der Waals surface area (Å²) in [5.41, 5.74) is 2.44. The van der Waals surface area contributed by atoms with Crippen LogP contribution in [0.15, 0.2) is 48.5 Å². The van der Waals surface area contributed by atoms with Gasteiger partial charge in [-0.15, -0.1) is 0 Å². The normalized spacial score (nSPS) is 13.4. The van der Waals surface area contributed by atoms with E-state index in [0.717, 1.165) is 18.4 Å². The standard InChI is InChI=1S/C19H20N2O3/c1-24-12-13-5-4-6-14(11-13)18(22)21-17-8-3-2-7-16(17)19(23)20-15-9-10-15/h2-8,11,15H,9-10,12H2,1H3,(H,20,23)(H,21,22). The number of carbonyl (C=O) groups is 2. The highest BCUT2D eigenvalue weighted by molar-refractivity contribution is 6.09. The van der Waals surface area contributed by atoms with Crippen LogP contribution in [0.3, 0.4) is 0 Å². The maximum Gasteiger partial charge on any atom is 0.255 e. The maximum atomic E-state index is 12.5. The van der Waals surface area contributed by atoms with Gasteiger partial charge in [0.2, 0.25) is 0 Å². The van der Waals surface area contributed by atoms with Crippen molar-refractivity contribution in [3.63, 3.8) is 0 Å². The molecule has 1 aliphatic rings. The predicted molar refractivity (Wildman–Crippen MR) is 92.0 cm³/mol. The molecule has 5 heteroatoms. The summed E-state index contributed by atoms with van der Waals surface area (Å²) in [6.07, 6.45) is 2.04. The van der Waals surface area contributed by atoms with Crippen molar-refractivity contribution in [2.24, 2.45) is 0 Å². The molecule has 1 aliphatic carbocycles. The Kier molecular flexibility index (Phi) is 4.91. The van der Waals surface area contributed by atoms with Gasteiger partial charge in [0.15, 0.2) is 0 Å². The molecule has 3 rings (SSSR count). The Bertz CT molecular complexity index is 754. The molecule has 2 aromatic carbocycles. The van der Waals surface area contributed by atoms with Crippen LogP contribution in [0.1, 0.15) is 39.1 Å². The molecule has 2 N–H and O–H groups in total. The molecule has 0 saturated heterocycles. The van der Waals surface area contributed by atoms with Crippen molar-refractivity contribution in [3.8, 4) is 0 Å². The largest absolute Gasteiger partial charge is 0.380 e. The molecule has 0 aromatic heterocycles. The van der Waals surface area contributed by atoms with Gasteiger partial charge in [0.25, 0.3) is 11.8 Å². The zero-order chi connectivity index (χ0) is 16.9. The first-order chi connectivity index (χ1) is 11.7. The highest BCUT2D eigenvalue weighted by atomic mass is 16.5. The molecular formula is C19H20N2O3. The van der Waals surface area contributed by atoms with Gasteiger partial charge in [-0.25, -0.2) is 0 Å². The quantitative estimate of drug-likeness (QED) is 0.858. The summed E-state index contributed by atoms with van der Waals surface area (Å²) in [4.78, 5) is 24.8. The number of carbonyl (C=O) groups excluding carboxylic acids is 2. The lowest BCUT2D eigenvalue weighted by Gasteiger charge is -2.11. The highest BCUT2D eigenvalue weighted by Gasteiger charge is 2.25. The third-order valence-electron chi connectivity index (χ3n) is 3.83. The number of ether oxygens (including phenoxy) is 1. The zero-order valence-corrected chi connectivity index (χ0v) is 13.5. The number of rotatable bonds is 6. The lowest BCUT2D eigenvalue weighted by atomic mass is 10.1. The van der Waals surface area contributed by atoms with Crippen LogP contribution < -0.4 is 10.6 Å². The molecular weight excluding hydrogens is 304 g/mol. The van der Waals surface area contributed by atoms with E-state index in [0.29, 0.717) is 23.4 Å². The minimum atomic E-state index is -0.250. The first kappa shape index (κ1) is 16.2. The van der Waals surface area contributed by atoms with E-state index in [1.165, 1.54) is 0 Å². The summed E-state index contributed by atoms with van der Waals surface area (Å²) in [7, 11) is 1.61. The Morgan fingerprint density at radius 3 is 2.62 bits per heavy atom. The molecule has 0 aliphatic heterocycles. The van der Waals surface area contributed by atoms with Crippen LogP contribution >= 0.6 is 0 Å². The number of benzene rings is 2. The number of anilines is 1. The van der Waals surface area contributed by atoms with E-state index >= 15 is 0 Å². The van der Waals surface area contributed by atoms with Crippen molar-refractivity contribution in [3.05, 3.63) is 65.2 Å². The molecule has 0 bridgehead atoms. The first-order valence-electron chi connectivity index (χ1n) is 7.96. The van der Waals surface area contributed by atoms with Gasteiger partial charge in [0.1, 0.15) is 0 Å². The van der Waals surface area contributed by atoms with E-state index in [4.69, 9.17) is 4.74 Å². The topological polar surface area (TPSA) is 67.4 Å². The average Bonchev–Trinajstić information content (AvgIpc) is 3.40. The van der Waals surface area contributed by atoms with Crippen LogP contribution in [-0.4, -0.2) is 25.0 Å². The zero-order valence-electron chi connectivity index (χ0n) is 13.5. The Morgan fingerprint density at radius 2 is 1.88 bits per heavy atom. The fourth-order valence-electron chi connectivity index (χ4n) is 2.44. The lowest BCUT2D eigenvalue weighted by Crippen LogP contribution is -2.27. The number of hydrogen-bond donors (Lipinski definition) is 2. The Balaban J connectivity index is 1.76. The fraction of sp³-hybridized carbons (Fsp3) is 0.263. The second kappa shape index (κ2) is 7.27. The highest BCUT2D eigenvalue weighted by Crippen LogP contribution is 2.22. The Morgan fingerprint density at radius 1 is 1.08 bits per heavy atom. The van der Waals surface area contributed by atoms with Gasteiger partial charge >= 0.3 is 0 Å². The smallest absolute Gasteiger partial charge is 0.255 e. The van der Waals surface area contributed by atoms with Gasteiger partial charge in [0, 0.05) is 18.7 Å². The van der Waals surface area contributed by atoms with E-state index in [2.05, 4.69) is 10.6 Å². The van der Waals surface area contributed by atoms with Gasteiger partial charge in [-0.2, -0.15) is 0 Å². The Labute approximate surface area is 141 Å². The molecule has 124 valence electrons. The summed E-state index contributed by atoms with van der Waals surface area (Å²) in [5, 5.41) is 5.77. The Hall–Kier alpha value is -2.66. The van der Waals surface area contributed by atoms with Crippen molar-refractivity contribution in [2.45, 2.75) is 25.5 Å². The van der Waals surface area contributed by atoms with Crippen LogP contribution in [0, 0.1) is 0 Å². The van der Waals surface area contributed by atoms with Crippen molar-refractivity contribution < 1.29 is 14.3 Å². The van der Waals surface area contributed by atoms with Gasteiger partial charge in [-0.05, 0) is 42.7 Å². The van der Waals surface area contributed by atoms with Crippen LogP contribution in [0.5, 0.6) is 0 Å². The third-order valence-corrected chi connectivity index (χ3v) is 3.83. The van der Waals surface area contributed by atoms with Crippen LogP contribution in [0.2, 0.25) is 0 Å². The van der Waals surface area contributed by atoms with E-state index in [1.54, 1.807) is 43.5 Å². The fourth-order valence-corrected chi connectivity index (χ4v) is 2.44. The van der Waals surface area contributed by atoms with Gasteiger partial charge in [-0.3, -0.25) is 9.59 Å². The molecule has 0 heterocycles. The summed E-state index contributed by atoms with van der Waals surface area (Å²) >= 11 is 0. The number of nitrogens with one attached hydrogen (secondary N) is 2. The van der Waals surface area contributed by atoms with Crippen molar-refractivity contribution in [2.75, 3.05) is 12.4 Å². The van der Waals surface area contributed by atoms with Crippen molar-refractivity contribution in [1.82, 2.24) is 5.32 Å². The average molecular weight is 324 g/mol. The second-order valence-corrected chi connectivity index (χ2v) is 5.88. The predicted octanol–water partition coefficient (Wildman–Crippen LogP) is 2.98. The molecule has 2 aromatic rings. The maximum absolute atomic E-state index is 12.5. The van der Waals surface area contributed by atoms with Gasteiger partial charge in [-0.1, -0.05) is 24.3 Å². The molecule has 2 amide bonds. The minimum Gasteiger partial charge on any atom is -0.380 e. The molecule has 0 radical (unpaired) electrons. The lowest BCUT2D eigenvalue weighted by molar-refractivity contribution is 0.0952. The first-order valence-corrected chi connectivity index (χ1v) is 7.96. The molecule has 24 heavy (non-hydrogen) atoms. The molecule has 5 nitrogen and oxygen atoms in total. The number of hydrogen-bond acceptors (Lipinski definition) is 3. The monoisotopic (exact) mass is 324 g/mol. The van der Waals surface area contributed by atoms with E-state index < -0.39 is 0 Å². The SMILES string of the molecule is COCc1cccc(C(=O)Nc2ccccc2C(=O)NC2CC2)c1. The molecule has 1 fully saturated rings. The third kappa shape index (κ3) is 4.00. The number of amides is 2. The van der Waals surface area contributed by atoms with Crippen LogP contribution in [0.25, 0.3) is 0 Å². The van der Waals surface area contributed by atoms with E-state index in [-0.39, 0.29) is 17.9 Å². The molecule has 0 unspecified atom stereocenters. The van der Waals surface area contributed by atoms with Crippen LogP contribution in [-0.2, 0) is 11.3 Å². The van der Waals surface area contributed by atoms with Crippen molar-refractivity contribution in [1.29, 1.82) is 0 Å². The summed E-state index contributed by atoms with van der Waals surface area (Å²) < 4.78 is 5.09. The van der Waals surface area contributed by atoms with Crippen molar-refractivity contribution >= 4 is 17.5 Å². The molecule has 0 spiro atoms. The summed E-state index contributed by atoms with van der Waals surface area (Å²) in [6, 6.07) is 14.5. The number of para-hydroxylation sites is 1. The number of methoxy groups -OCH3 is 1. The molecule has 1 saturated carbocycles. The van der Waals surface area contributed by atoms with Gasteiger partial charge in [0.05, 0.1) is 17.9 Å². The van der Waals surface area contributed by atoms with E-state index in [1.807, 2.05) is 12.1 Å².